The molecular formula is C13H22N4O2S. The molecule has 0 unspecified atom stereocenters. The first-order chi connectivity index (χ1) is 9.52. The highest BCUT2D eigenvalue weighted by Crippen LogP contribution is 2.31. The number of hydrogen-bond donors (Lipinski definition) is 3. The Bertz CT molecular complexity index is 471. The Balaban J connectivity index is 2.15. The van der Waals surface area contributed by atoms with E-state index in [1.54, 1.807) is 4.90 Å². The molecular weight excluding hydrogens is 276 g/mol. The lowest BCUT2D eigenvalue weighted by Crippen LogP contribution is -2.45. The van der Waals surface area contributed by atoms with E-state index < -0.39 is 0 Å². The SMILES string of the molecule is CC(C)Nc1nc(N)c(C(=O)N(CCO)C2CCC2)s1. The molecule has 2 rings (SSSR count). The van der Waals surface area contributed by atoms with Crippen LogP contribution >= 0.6 is 11.3 Å². The van der Waals surface area contributed by atoms with Gasteiger partial charge in [0.05, 0.1) is 6.61 Å². The second kappa shape index (κ2) is 6.41. The van der Waals surface area contributed by atoms with Gasteiger partial charge in [-0.1, -0.05) is 11.3 Å². The zero-order chi connectivity index (χ0) is 14.7. The molecule has 1 aromatic heterocycles. The second-order valence-electron chi connectivity index (χ2n) is 5.34. The van der Waals surface area contributed by atoms with E-state index in [4.69, 9.17) is 10.8 Å². The van der Waals surface area contributed by atoms with Gasteiger partial charge in [-0.3, -0.25) is 4.79 Å². The molecule has 112 valence electrons. The highest BCUT2D eigenvalue weighted by molar-refractivity contribution is 7.18. The first-order valence-corrected chi connectivity index (χ1v) is 7.79. The van der Waals surface area contributed by atoms with Gasteiger partial charge in [-0.05, 0) is 33.1 Å². The van der Waals surface area contributed by atoms with Crippen LogP contribution in [0, 0.1) is 0 Å². The van der Waals surface area contributed by atoms with Crippen LogP contribution in [0.2, 0.25) is 0 Å². The van der Waals surface area contributed by atoms with E-state index in [-0.39, 0.29) is 30.4 Å². The number of carbonyl (C=O) groups excluding carboxylic acids is 1. The van der Waals surface area contributed by atoms with E-state index in [1.807, 2.05) is 13.8 Å². The number of nitrogens with zero attached hydrogens (tertiary/aromatic N) is 2. The van der Waals surface area contributed by atoms with Crippen molar-refractivity contribution in [1.29, 1.82) is 0 Å². The van der Waals surface area contributed by atoms with Crippen LogP contribution in [0.1, 0.15) is 42.8 Å². The smallest absolute Gasteiger partial charge is 0.268 e. The molecule has 20 heavy (non-hydrogen) atoms. The molecule has 1 aromatic rings. The van der Waals surface area contributed by atoms with Gasteiger partial charge in [0.15, 0.2) is 5.13 Å². The summed E-state index contributed by atoms with van der Waals surface area (Å²) in [5.74, 6) is 0.154. The van der Waals surface area contributed by atoms with Crippen molar-refractivity contribution in [3.05, 3.63) is 4.88 Å². The Morgan fingerprint density at radius 1 is 1.60 bits per heavy atom. The van der Waals surface area contributed by atoms with E-state index in [1.165, 1.54) is 11.3 Å². The molecule has 0 saturated heterocycles. The van der Waals surface area contributed by atoms with Crippen molar-refractivity contribution < 1.29 is 9.90 Å². The summed E-state index contributed by atoms with van der Waals surface area (Å²) in [6.07, 6.45) is 3.14. The number of nitrogen functional groups attached to an aromatic ring is 1. The monoisotopic (exact) mass is 298 g/mol. The van der Waals surface area contributed by atoms with Gasteiger partial charge in [0, 0.05) is 18.6 Å². The standard InChI is InChI=1S/C13H22N4O2S/c1-8(2)15-13-16-11(14)10(20-13)12(19)17(6-7-18)9-4-3-5-9/h8-9,18H,3-7,14H2,1-2H3,(H,15,16). The van der Waals surface area contributed by atoms with Crippen molar-refractivity contribution in [3.8, 4) is 0 Å². The van der Waals surface area contributed by atoms with Crippen molar-refractivity contribution in [2.75, 3.05) is 24.2 Å². The molecule has 7 heteroatoms. The number of anilines is 2. The van der Waals surface area contributed by atoms with E-state index >= 15 is 0 Å². The number of nitrogens with two attached hydrogens (primary N) is 1. The Hall–Kier alpha value is -1.34. The van der Waals surface area contributed by atoms with Crippen LogP contribution in [-0.4, -0.2) is 46.1 Å². The van der Waals surface area contributed by atoms with Crippen molar-refractivity contribution in [2.45, 2.75) is 45.2 Å². The molecule has 1 aliphatic carbocycles. The number of hydrogen-bond acceptors (Lipinski definition) is 6. The zero-order valence-electron chi connectivity index (χ0n) is 11.9. The van der Waals surface area contributed by atoms with Crippen LogP contribution in [0.25, 0.3) is 0 Å². The summed E-state index contributed by atoms with van der Waals surface area (Å²) in [6, 6.07) is 0.473. The molecule has 0 aliphatic heterocycles. The molecule has 1 aliphatic rings. The van der Waals surface area contributed by atoms with E-state index in [0.717, 1.165) is 19.3 Å². The van der Waals surface area contributed by atoms with Gasteiger partial charge in [0.1, 0.15) is 10.7 Å². The third-order valence-electron chi connectivity index (χ3n) is 3.38. The van der Waals surface area contributed by atoms with Gasteiger partial charge in [-0.15, -0.1) is 0 Å². The summed E-state index contributed by atoms with van der Waals surface area (Å²) >= 11 is 1.28. The summed E-state index contributed by atoms with van der Waals surface area (Å²) < 4.78 is 0. The molecule has 4 N–H and O–H groups in total. The van der Waals surface area contributed by atoms with Crippen LogP contribution in [0.5, 0.6) is 0 Å². The van der Waals surface area contributed by atoms with Gasteiger partial charge in [0.2, 0.25) is 0 Å². The van der Waals surface area contributed by atoms with Gasteiger partial charge >= 0.3 is 0 Å². The molecule has 1 fully saturated rings. The van der Waals surface area contributed by atoms with Crippen LogP contribution < -0.4 is 11.1 Å². The van der Waals surface area contributed by atoms with E-state index in [2.05, 4.69) is 10.3 Å². The molecule has 1 saturated carbocycles. The maximum Gasteiger partial charge on any atom is 0.268 e. The number of rotatable bonds is 6. The molecule has 0 atom stereocenters. The Labute approximate surface area is 123 Å². The average Bonchev–Trinajstić information content (AvgIpc) is 2.65. The largest absolute Gasteiger partial charge is 0.395 e. The first-order valence-electron chi connectivity index (χ1n) is 6.97. The predicted octanol–water partition coefficient (Wildman–Crippen LogP) is 1.53. The number of amides is 1. The third-order valence-corrected chi connectivity index (χ3v) is 4.37. The van der Waals surface area contributed by atoms with E-state index in [9.17, 15) is 4.79 Å². The van der Waals surface area contributed by atoms with Gasteiger partial charge in [0.25, 0.3) is 5.91 Å². The summed E-state index contributed by atoms with van der Waals surface area (Å²) in [5.41, 5.74) is 5.86. The minimum Gasteiger partial charge on any atom is -0.395 e. The van der Waals surface area contributed by atoms with E-state index in [0.29, 0.717) is 16.6 Å². The molecule has 0 bridgehead atoms. The summed E-state index contributed by atoms with van der Waals surface area (Å²) in [6.45, 7) is 4.34. The number of aliphatic hydroxyl groups excluding tert-OH is 1. The number of aliphatic hydroxyl groups is 1. The number of nitrogens with one attached hydrogen (secondary N) is 1. The topological polar surface area (TPSA) is 91.5 Å². The maximum absolute atomic E-state index is 12.6. The van der Waals surface area contributed by atoms with Crippen LogP contribution in [0.15, 0.2) is 0 Å². The Morgan fingerprint density at radius 3 is 2.80 bits per heavy atom. The third kappa shape index (κ3) is 3.21. The predicted molar refractivity (Wildman–Crippen MR) is 81.0 cm³/mol. The number of aromatic nitrogens is 1. The fourth-order valence-corrected chi connectivity index (χ4v) is 3.17. The van der Waals surface area contributed by atoms with Crippen LogP contribution in [-0.2, 0) is 0 Å². The summed E-state index contributed by atoms with van der Waals surface area (Å²) in [4.78, 5) is 19.0. The van der Waals surface area contributed by atoms with Crippen molar-refractivity contribution in [1.82, 2.24) is 9.88 Å². The zero-order valence-corrected chi connectivity index (χ0v) is 12.7. The minimum atomic E-state index is -0.115. The van der Waals surface area contributed by atoms with Gasteiger partial charge in [-0.2, -0.15) is 0 Å². The highest BCUT2D eigenvalue weighted by atomic mass is 32.1. The minimum absolute atomic E-state index is 0.0297. The van der Waals surface area contributed by atoms with Crippen molar-refractivity contribution in [3.63, 3.8) is 0 Å². The van der Waals surface area contributed by atoms with Crippen molar-refractivity contribution in [2.24, 2.45) is 0 Å². The number of carbonyl (C=O) groups is 1. The number of thiazole rings is 1. The van der Waals surface area contributed by atoms with Gasteiger partial charge < -0.3 is 21.1 Å². The quantitative estimate of drug-likeness (QED) is 0.741. The van der Waals surface area contributed by atoms with Crippen LogP contribution in [0.3, 0.4) is 0 Å². The van der Waals surface area contributed by atoms with Gasteiger partial charge in [-0.25, -0.2) is 4.98 Å². The van der Waals surface area contributed by atoms with Crippen molar-refractivity contribution >= 4 is 28.2 Å². The fraction of sp³-hybridized carbons (Fsp3) is 0.692. The Morgan fingerprint density at radius 2 is 2.30 bits per heavy atom. The fourth-order valence-electron chi connectivity index (χ4n) is 2.18. The normalized spacial score (nSPS) is 15.2. The molecule has 1 amide bonds. The highest BCUT2D eigenvalue weighted by Gasteiger charge is 2.31. The second-order valence-corrected chi connectivity index (χ2v) is 6.34. The molecule has 1 heterocycles. The van der Waals surface area contributed by atoms with Crippen LogP contribution in [0.4, 0.5) is 10.9 Å². The summed E-state index contributed by atoms with van der Waals surface area (Å²) in [7, 11) is 0. The lowest BCUT2D eigenvalue weighted by atomic mass is 9.91. The summed E-state index contributed by atoms with van der Waals surface area (Å²) in [5, 5.41) is 13.0. The lowest BCUT2D eigenvalue weighted by molar-refractivity contribution is 0.0531. The molecule has 0 aromatic carbocycles. The first kappa shape index (κ1) is 15.1. The molecule has 0 radical (unpaired) electrons. The lowest BCUT2D eigenvalue weighted by Gasteiger charge is -2.37. The maximum atomic E-state index is 12.6. The Kier molecular flexibility index (Phi) is 4.82. The average molecular weight is 298 g/mol. The molecule has 6 nitrogen and oxygen atoms in total. The molecule has 0 spiro atoms.